The average Bonchev–Trinajstić information content (AvgIpc) is 3.31. The Bertz CT molecular complexity index is 1090. The monoisotopic (exact) mass is 363 g/mol. The first kappa shape index (κ1) is 16.2. The fourth-order valence-corrected chi connectivity index (χ4v) is 3.79. The van der Waals surface area contributed by atoms with Gasteiger partial charge in [0.05, 0.1) is 13.1 Å². The van der Waals surface area contributed by atoms with Crippen molar-refractivity contribution in [3.05, 3.63) is 64.2 Å². The Labute approximate surface area is 156 Å². The summed E-state index contributed by atoms with van der Waals surface area (Å²) in [7, 11) is 0. The van der Waals surface area contributed by atoms with E-state index in [4.69, 9.17) is 4.74 Å². The molecular formula is C21H21N3O3. The van der Waals surface area contributed by atoms with Crippen molar-refractivity contribution in [2.24, 2.45) is 0 Å². The third-order valence-electron chi connectivity index (χ3n) is 5.38. The summed E-state index contributed by atoms with van der Waals surface area (Å²) in [5, 5.41) is 1.03. The van der Waals surface area contributed by atoms with Crippen molar-refractivity contribution >= 4 is 16.8 Å². The lowest BCUT2D eigenvalue weighted by molar-refractivity contribution is 0.0176. The van der Waals surface area contributed by atoms with Crippen LogP contribution in [0.4, 0.5) is 0 Å². The van der Waals surface area contributed by atoms with E-state index in [-0.39, 0.29) is 17.6 Å². The van der Waals surface area contributed by atoms with Gasteiger partial charge in [0, 0.05) is 40.5 Å². The fraction of sp³-hybridized carbons (Fsp3) is 0.333. The fourth-order valence-electron chi connectivity index (χ4n) is 3.79. The van der Waals surface area contributed by atoms with Crippen LogP contribution in [-0.2, 0) is 0 Å². The molecule has 1 aliphatic heterocycles. The summed E-state index contributed by atoms with van der Waals surface area (Å²) < 4.78 is 7.78. The Morgan fingerprint density at radius 3 is 2.70 bits per heavy atom. The molecule has 2 fully saturated rings. The van der Waals surface area contributed by atoms with Gasteiger partial charge in [0.1, 0.15) is 11.9 Å². The van der Waals surface area contributed by atoms with E-state index >= 15 is 0 Å². The number of aromatic amines is 1. The van der Waals surface area contributed by atoms with Crippen LogP contribution in [0.15, 0.2) is 47.4 Å². The van der Waals surface area contributed by atoms with Crippen LogP contribution in [0.2, 0.25) is 0 Å². The highest BCUT2D eigenvalue weighted by Gasteiger charge is 2.33. The number of aryl methyl sites for hydroxylation is 1. The van der Waals surface area contributed by atoms with Crippen molar-refractivity contribution in [1.82, 2.24) is 14.5 Å². The normalized spacial score (nSPS) is 17.1. The minimum atomic E-state index is -0.0690. The second-order valence-electron chi connectivity index (χ2n) is 7.50. The summed E-state index contributed by atoms with van der Waals surface area (Å²) in [6, 6.07) is 11.5. The van der Waals surface area contributed by atoms with Crippen molar-refractivity contribution in [3.63, 3.8) is 0 Å². The number of amides is 1. The smallest absolute Gasteiger partial charge is 0.254 e. The third-order valence-corrected chi connectivity index (χ3v) is 5.38. The van der Waals surface area contributed by atoms with Gasteiger partial charge >= 0.3 is 0 Å². The van der Waals surface area contributed by atoms with Crippen LogP contribution in [0.3, 0.4) is 0 Å². The van der Waals surface area contributed by atoms with Crippen LogP contribution in [0.1, 0.15) is 34.9 Å². The number of aromatic nitrogens is 2. The number of rotatable bonds is 4. The number of benzene rings is 1. The zero-order valence-corrected chi connectivity index (χ0v) is 15.1. The van der Waals surface area contributed by atoms with E-state index < -0.39 is 0 Å². The number of nitrogens with zero attached hydrogens (tertiary/aromatic N) is 2. The number of carbonyl (C=O) groups excluding carboxylic acids is 1. The molecule has 1 aromatic carbocycles. The lowest BCUT2D eigenvalue weighted by atomic mass is 10.1. The molecule has 1 saturated heterocycles. The summed E-state index contributed by atoms with van der Waals surface area (Å²) >= 11 is 0. The number of pyridine rings is 1. The topological polar surface area (TPSA) is 67.3 Å². The Balaban J connectivity index is 1.24. The Morgan fingerprint density at radius 1 is 1.15 bits per heavy atom. The van der Waals surface area contributed by atoms with Crippen LogP contribution in [0.25, 0.3) is 10.9 Å². The molecule has 3 heterocycles. The molecule has 0 radical (unpaired) electrons. The second-order valence-corrected chi connectivity index (χ2v) is 7.50. The van der Waals surface area contributed by atoms with Gasteiger partial charge in [-0.1, -0.05) is 0 Å². The molecule has 27 heavy (non-hydrogen) atoms. The Kier molecular flexibility index (Phi) is 3.60. The Hall–Kier alpha value is -3.02. The second kappa shape index (κ2) is 6.01. The largest absolute Gasteiger partial charge is 0.486 e. The van der Waals surface area contributed by atoms with E-state index in [9.17, 15) is 9.59 Å². The maximum absolute atomic E-state index is 12.6. The Morgan fingerprint density at radius 2 is 1.96 bits per heavy atom. The summed E-state index contributed by atoms with van der Waals surface area (Å²) in [5.74, 6) is 0.610. The van der Waals surface area contributed by atoms with E-state index in [1.807, 2.05) is 48.0 Å². The average molecular weight is 363 g/mol. The number of hydrogen-bond acceptors (Lipinski definition) is 3. The maximum atomic E-state index is 12.6. The van der Waals surface area contributed by atoms with E-state index in [2.05, 4.69) is 4.98 Å². The predicted octanol–water partition coefficient (Wildman–Crippen LogP) is 2.88. The van der Waals surface area contributed by atoms with Crippen molar-refractivity contribution in [2.45, 2.75) is 31.9 Å². The first-order valence-corrected chi connectivity index (χ1v) is 9.35. The molecule has 1 amide bonds. The predicted molar refractivity (Wildman–Crippen MR) is 102 cm³/mol. The van der Waals surface area contributed by atoms with E-state index in [0.717, 1.165) is 29.4 Å². The van der Waals surface area contributed by atoms with Crippen LogP contribution < -0.4 is 10.3 Å². The lowest BCUT2D eigenvalue weighted by Gasteiger charge is -2.39. The molecule has 0 atom stereocenters. The molecule has 1 N–H and O–H groups in total. The third kappa shape index (κ3) is 2.91. The molecular weight excluding hydrogens is 342 g/mol. The number of hydrogen-bond donors (Lipinski definition) is 1. The SMILES string of the molecule is Cc1cc(OC2CN(C(=O)c3ccc4[nH]ccc4c3)C2)cc(=O)n1C1CC1. The molecule has 0 bridgehead atoms. The van der Waals surface area contributed by atoms with Crippen molar-refractivity contribution in [1.29, 1.82) is 0 Å². The quantitative estimate of drug-likeness (QED) is 0.775. The minimum absolute atomic E-state index is 0.000406. The zero-order chi connectivity index (χ0) is 18.5. The number of fused-ring (bicyclic) bond motifs is 1. The standard InChI is InChI=1S/C21H21N3O3/c1-13-8-17(10-20(25)24(13)16-3-4-16)27-18-11-23(12-18)21(26)15-2-5-19-14(9-15)6-7-22-19/h2,5-10,16,18,22H,3-4,11-12H2,1H3. The molecule has 1 aliphatic carbocycles. The van der Waals surface area contributed by atoms with Crippen LogP contribution >= 0.6 is 0 Å². The van der Waals surface area contributed by atoms with Crippen LogP contribution in [-0.4, -0.2) is 39.6 Å². The highest BCUT2D eigenvalue weighted by Crippen LogP contribution is 2.35. The highest BCUT2D eigenvalue weighted by molar-refractivity contribution is 5.98. The lowest BCUT2D eigenvalue weighted by Crippen LogP contribution is -2.56. The maximum Gasteiger partial charge on any atom is 0.254 e. The number of ether oxygens (including phenoxy) is 1. The zero-order valence-electron chi connectivity index (χ0n) is 15.1. The molecule has 138 valence electrons. The van der Waals surface area contributed by atoms with Gasteiger partial charge in [0.25, 0.3) is 11.5 Å². The molecule has 2 aromatic heterocycles. The van der Waals surface area contributed by atoms with Gasteiger partial charge in [-0.05, 0) is 50.1 Å². The molecule has 1 saturated carbocycles. The van der Waals surface area contributed by atoms with E-state index in [0.29, 0.717) is 30.4 Å². The summed E-state index contributed by atoms with van der Waals surface area (Å²) in [6.07, 6.45) is 3.95. The van der Waals surface area contributed by atoms with Gasteiger partial charge in [-0.25, -0.2) is 0 Å². The van der Waals surface area contributed by atoms with Crippen LogP contribution in [0, 0.1) is 6.92 Å². The summed E-state index contributed by atoms with van der Waals surface area (Å²) in [6.45, 7) is 3.02. The van der Waals surface area contributed by atoms with Gasteiger partial charge in [0.2, 0.25) is 0 Å². The van der Waals surface area contributed by atoms with Gasteiger partial charge in [-0.2, -0.15) is 0 Å². The van der Waals surface area contributed by atoms with Crippen molar-refractivity contribution in [3.8, 4) is 5.75 Å². The number of carbonyl (C=O) groups is 1. The molecule has 6 heteroatoms. The molecule has 3 aromatic rings. The number of nitrogens with one attached hydrogen (secondary N) is 1. The van der Waals surface area contributed by atoms with Crippen LogP contribution in [0.5, 0.6) is 5.75 Å². The first-order chi connectivity index (χ1) is 13.1. The van der Waals surface area contributed by atoms with Gasteiger partial charge in [0.15, 0.2) is 0 Å². The molecule has 2 aliphatic rings. The van der Waals surface area contributed by atoms with E-state index in [1.54, 1.807) is 11.0 Å². The van der Waals surface area contributed by atoms with Gasteiger partial charge < -0.3 is 19.2 Å². The summed E-state index contributed by atoms with van der Waals surface area (Å²) in [4.78, 5) is 29.8. The first-order valence-electron chi connectivity index (χ1n) is 9.35. The number of likely N-dealkylation sites (tertiary alicyclic amines) is 1. The van der Waals surface area contributed by atoms with Gasteiger partial charge in [-0.15, -0.1) is 0 Å². The van der Waals surface area contributed by atoms with Gasteiger partial charge in [-0.3, -0.25) is 9.59 Å². The minimum Gasteiger partial charge on any atom is -0.486 e. The molecule has 0 spiro atoms. The highest BCUT2D eigenvalue weighted by atomic mass is 16.5. The molecule has 6 nitrogen and oxygen atoms in total. The molecule has 0 unspecified atom stereocenters. The molecule has 5 rings (SSSR count). The van der Waals surface area contributed by atoms with Crippen molar-refractivity contribution < 1.29 is 9.53 Å². The number of H-pyrrole nitrogens is 1. The van der Waals surface area contributed by atoms with E-state index in [1.165, 1.54) is 0 Å². The van der Waals surface area contributed by atoms with Crippen molar-refractivity contribution in [2.75, 3.05) is 13.1 Å². The summed E-state index contributed by atoms with van der Waals surface area (Å²) in [5.41, 5.74) is 2.64.